The Morgan fingerprint density at radius 1 is 1.04 bits per heavy atom. The van der Waals surface area contributed by atoms with Crippen LogP contribution in [-0.4, -0.2) is 49.6 Å². The highest BCUT2D eigenvalue weighted by molar-refractivity contribution is 5.30. The first kappa shape index (κ1) is 17.9. The van der Waals surface area contributed by atoms with Crippen molar-refractivity contribution in [2.45, 2.75) is 19.4 Å². The van der Waals surface area contributed by atoms with Gasteiger partial charge in [0.25, 0.3) is 0 Å². The van der Waals surface area contributed by atoms with Gasteiger partial charge in [-0.1, -0.05) is 36.4 Å². The number of ether oxygens (including phenoxy) is 1. The molecule has 0 spiro atoms. The predicted octanol–water partition coefficient (Wildman–Crippen LogP) is 3.89. The van der Waals surface area contributed by atoms with Crippen molar-refractivity contribution in [3.63, 3.8) is 0 Å². The molecule has 0 radical (unpaired) electrons. The van der Waals surface area contributed by atoms with Gasteiger partial charge in [0.2, 0.25) is 0 Å². The number of likely N-dealkylation sites (N-methyl/N-ethyl adjacent to an activating group) is 1. The molecule has 1 unspecified atom stereocenters. The van der Waals surface area contributed by atoms with E-state index in [1.54, 1.807) is 12.1 Å². The van der Waals surface area contributed by atoms with Gasteiger partial charge in [-0.3, -0.25) is 0 Å². The molecular weight excluding hydrogens is 315 g/mol. The number of benzene rings is 2. The zero-order chi connectivity index (χ0) is 17.6. The van der Waals surface area contributed by atoms with Gasteiger partial charge in [-0.25, -0.2) is 4.39 Å². The third-order valence-electron chi connectivity index (χ3n) is 4.83. The van der Waals surface area contributed by atoms with Gasteiger partial charge < -0.3 is 14.5 Å². The highest BCUT2D eigenvalue weighted by atomic mass is 19.1. The van der Waals surface area contributed by atoms with E-state index >= 15 is 0 Å². The molecular formula is C21H27FN2O. The van der Waals surface area contributed by atoms with Gasteiger partial charge in [0.1, 0.15) is 6.10 Å². The average molecular weight is 342 g/mol. The van der Waals surface area contributed by atoms with Crippen LogP contribution in [0.3, 0.4) is 0 Å². The Balaban J connectivity index is 1.70. The minimum atomic E-state index is -0.300. The van der Waals surface area contributed by atoms with Crippen molar-refractivity contribution in [3.8, 4) is 5.75 Å². The van der Waals surface area contributed by atoms with Crippen molar-refractivity contribution in [3.05, 3.63) is 65.5 Å². The zero-order valence-electron chi connectivity index (χ0n) is 15.1. The summed E-state index contributed by atoms with van der Waals surface area (Å²) < 4.78 is 20.3. The third kappa shape index (κ3) is 5.03. The third-order valence-corrected chi connectivity index (χ3v) is 4.83. The molecule has 3 nitrogen and oxygen atoms in total. The molecule has 0 saturated carbocycles. The van der Waals surface area contributed by atoms with Crippen LogP contribution in [0.1, 0.15) is 23.7 Å². The first-order chi connectivity index (χ1) is 12.1. The fourth-order valence-electron chi connectivity index (χ4n) is 3.19. The first-order valence-corrected chi connectivity index (χ1v) is 9.00. The second-order valence-corrected chi connectivity index (χ2v) is 6.88. The summed E-state index contributed by atoms with van der Waals surface area (Å²) in [5.74, 6) is 0.0401. The molecule has 0 bridgehead atoms. The van der Waals surface area contributed by atoms with E-state index < -0.39 is 0 Å². The highest BCUT2D eigenvalue weighted by Crippen LogP contribution is 2.28. The summed E-state index contributed by atoms with van der Waals surface area (Å²) in [7, 11) is 2.16. The predicted molar refractivity (Wildman–Crippen MR) is 99.5 cm³/mol. The van der Waals surface area contributed by atoms with E-state index in [1.165, 1.54) is 6.07 Å². The lowest BCUT2D eigenvalue weighted by Gasteiger charge is -2.33. The smallest absolute Gasteiger partial charge is 0.165 e. The van der Waals surface area contributed by atoms with Crippen molar-refractivity contribution in [2.75, 3.05) is 39.8 Å². The van der Waals surface area contributed by atoms with Crippen LogP contribution in [0.25, 0.3) is 0 Å². The van der Waals surface area contributed by atoms with Crippen molar-refractivity contribution in [1.29, 1.82) is 0 Å². The lowest BCUT2D eigenvalue weighted by Crippen LogP contribution is -2.45. The number of piperazine rings is 1. The topological polar surface area (TPSA) is 15.7 Å². The zero-order valence-corrected chi connectivity index (χ0v) is 15.1. The maximum atomic E-state index is 14.1. The molecule has 1 heterocycles. The number of halogens is 1. The van der Waals surface area contributed by atoms with Crippen LogP contribution in [0.4, 0.5) is 4.39 Å². The van der Waals surface area contributed by atoms with E-state index in [2.05, 4.69) is 29.0 Å². The Morgan fingerprint density at radius 3 is 2.48 bits per heavy atom. The number of hydrogen-bond donors (Lipinski definition) is 0. The van der Waals surface area contributed by atoms with Crippen LogP contribution in [0, 0.1) is 12.7 Å². The lowest BCUT2D eigenvalue weighted by molar-refractivity contribution is 0.121. The summed E-state index contributed by atoms with van der Waals surface area (Å²) >= 11 is 0. The molecule has 2 aromatic carbocycles. The SMILES string of the molecule is Cc1ccc(F)c(OC(CCN2CCN(C)CC2)c2ccccc2)c1. The highest BCUT2D eigenvalue weighted by Gasteiger charge is 2.19. The Morgan fingerprint density at radius 2 is 1.76 bits per heavy atom. The van der Waals surface area contributed by atoms with Gasteiger partial charge in [0.15, 0.2) is 11.6 Å². The molecule has 3 rings (SSSR count). The van der Waals surface area contributed by atoms with Gasteiger partial charge in [-0.15, -0.1) is 0 Å². The van der Waals surface area contributed by atoms with E-state index in [0.717, 1.165) is 50.3 Å². The van der Waals surface area contributed by atoms with Gasteiger partial charge in [0, 0.05) is 39.1 Å². The second kappa shape index (κ2) is 8.45. The van der Waals surface area contributed by atoms with E-state index in [9.17, 15) is 4.39 Å². The number of nitrogens with zero attached hydrogens (tertiary/aromatic N) is 2. The molecule has 25 heavy (non-hydrogen) atoms. The number of rotatable bonds is 6. The van der Waals surface area contributed by atoms with Gasteiger partial charge in [-0.2, -0.15) is 0 Å². The fourth-order valence-corrected chi connectivity index (χ4v) is 3.19. The molecule has 134 valence electrons. The number of hydrogen-bond acceptors (Lipinski definition) is 3. The maximum absolute atomic E-state index is 14.1. The molecule has 0 aromatic heterocycles. The Bertz CT molecular complexity index is 669. The number of aryl methyl sites for hydroxylation is 1. The van der Waals surface area contributed by atoms with Gasteiger partial charge >= 0.3 is 0 Å². The van der Waals surface area contributed by atoms with Crippen LogP contribution >= 0.6 is 0 Å². The van der Waals surface area contributed by atoms with Crippen molar-refractivity contribution >= 4 is 0 Å². The lowest BCUT2D eigenvalue weighted by atomic mass is 10.1. The van der Waals surface area contributed by atoms with Crippen molar-refractivity contribution in [1.82, 2.24) is 9.80 Å². The molecule has 1 atom stereocenters. The summed E-state index contributed by atoms with van der Waals surface area (Å²) in [4.78, 5) is 4.82. The maximum Gasteiger partial charge on any atom is 0.165 e. The molecule has 0 aliphatic carbocycles. The molecule has 1 aliphatic rings. The summed E-state index contributed by atoms with van der Waals surface area (Å²) in [6.07, 6.45) is 0.707. The first-order valence-electron chi connectivity index (χ1n) is 9.00. The van der Waals surface area contributed by atoms with E-state index in [1.807, 2.05) is 25.1 Å². The second-order valence-electron chi connectivity index (χ2n) is 6.88. The molecule has 1 aliphatic heterocycles. The van der Waals surface area contributed by atoms with E-state index in [4.69, 9.17) is 4.74 Å². The van der Waals surface area contributed by atoms with Gasteiger partial charge in [0.05, 0.1) is 0 Å². The minimum absolute atomic E-state index is 0.142. The molecule has 2 aromatic rings. The van der Waals surface area contributed by atoms with Gasteiger partial charge in [-0.05, 0) is 37.2 Å². The summed E-state index contributed by atoms with van der Waals surface area (Å²) in [6, 6.07) is 15.2. The summed E-state index contributed by atoms with van der Waals surface area (Å²) in [5, 5.41) is 0. The van der Waals surface area contributed by atoms with Crippen molar-refractivity contribution in [2.24, 2.45) is 0 Å². The summed E-state index contributed by atoms with van der Waals surface area (Å²) in [6.45, 7) is 7.27. The Hall–Kier alpha value is -1.91. The molecule has 1 fully saturated rings. The molecule has 0 amide bonds. The summed E-state index contributed by atoms with van der Waals surface area (Å²) in [5.41, 5.74) is 2.10. The van der Waals surface area contributed by atoms with Crippen LogP contribution < -0.4 is 4.74 Å². The van der Waals surface area contributed by atoms with Crippen LogP contribution in [0.2, 0.25) is 0 Å². The standard InChI is InChI=1S/C21H27FN2O/c1-17-8-9-19(22)21(16-17)25-20(18-6-4-3-5-7-18)10-11-24-14-12-23(2)13-15-24/h3-9,16,20H,10-15H2,1-2H3. The quantitative estimate of drug-likeness (QED) is 0.792. The van der Waals surface area contributed by atoms with E-state index in [-0.39, 0.29) is 11.9 Å². The molecule has 0 N–H and O–H groups in total. The fraction of sp³-hybridized carbons (Fsp3) is 0.429. The average Bonchev–Trinajstić information content (AvgIpc) is 2.63. The molecule has 4 heteroatoms. The van der Waals surface area contributed by atoms with Crippen molar-refractivity contribution < 1.29 is 9.13 Å². The van der Waals surface area contributed by atoms with Crippen LogP contribution in [0.5, 0.6) is 5.75 Å². The van der Waals surface area contributed by atoms with Crippen LogP contribution in [0.15, 0.2) is 48.5 Å². The normalized spacial score (nSPS) is 17.4. The van der Waals surface area contributed by atoms with Crippen LogP contribution in [-0.2, 0) is 0 Å². The largest absolute Gasteiger partial charge is 0.483 e. The van der Waals surface area contributed by atoms with E-state index in [0.29, 0.717) is 5.75 Å². The Labute approximate surface area is 150 Å². The Kier molecular flexibility index (Phi) is 6.05. The monoisotopic (exact) mass is 342 g/mol. The molecule has 1 saturated heterocycles. The minimum Gasteiger partial charge on any atom is -0.483 e.